The van der Waals surface area contributed by atoms with Gasteiger partial charge in [0.25, 0.3) is 0 Å². The van der Waals surface area contributed by atoms with Crippen molar-refractivity contribution in [3.63, 3.8) is 0 Å². The van der Waals surface area contributed by atoms with Gasteiger partial charge in [0.1, 0.15) is 6.04 Å². The SMILES string of the molecule is CCCCC/C=C\C/C=C\CCCCCCC(O)CN(CCCCSSCCC(NC(=O)CCCN(CC(O)CCCCCCCCCC)CC(O)CCCCCCCCCC)C(=O)NCCCN(CC)CC)CC(O)CCCCCC/C=C\C/C=C\CCCCC. The maximum atomic E-state index is 13.8. The molecule has 0 rings (SSSR count). The fourth-order valence-corrected chi connectivity index (χ4v) is 14.3. The average molecular weight is 1330 g/mol. The number of hydrogen-bond acceptors (Lipinski definition) is 11. The highest BCUT2D eigenvalue weighted by Gasteiger charge is 2.22. The summed E-state index contributed by atoms with van der Waals surface area (Å²) in [5.41, 5.74) is 0. The molecule has 0 aromatic heterocycles. The third-order valence-electron chi connectivity index (χ3n) is 18.0. The van der Waals surface area contributed by atoms with Crippen molar-refractivity contribution in [3.8, 4) is 0 Å². The molecule has 0 aromatic rings. The van der Waals surface area contributed by atoms with Crippen molar-refractivity contribution in [2.24, 2.45) is 0 Å². The Hall–Kier alpha value is -1.68. The first-order chi connectivity index (χ1) is 45.0. The predicted octanol–water partition coefficient (Wildman–Crippen LogP) is 19.6. The van der Waals surface area contributed by atoms with Gasteiger partial charge in [0.15, 0.2) is 0 Å². The molecule has 0 bridgehead atoms. The largest absolute Gasteiger partial charge is 0.392 e. The second-order valence-corrected chi connectivity index (χ2v) is 29.7. The van der Waals surface area contributed by atoms with E-state index >= 15 is 0 Å². The number of hydrogen-bond donors (Lipinski definition) is 6. The Morgan fingerprint density at radius 1 is 0.359 bits per heavy atom. The smallest absolute Gasteiger partial charge is 0.242 e. The number of carbonyl (C=O) groups is 2. The van der Waals surface area contributed by atoms with E-state index in [-0.39, 0.29) is 18.2 Å². The predicted molar refractivity (Wildman–Crippen MR) is 406 cm³/mol. The summed E-state index contributed by atoms with van der Waals surface area (Å²) in [7, 11) is 3.59. The van der Waals surface area contributed by atoms with Crippen molar-refractivity contribution in [3.05, 3.63) is 48.6 Å². The van der Waals surface area contributed by atoms with Crippen molar-refractivity contribution in [2.75, 3.05) is 77.0 Å². The van der Waals surface area contributed by atoms with E-state index < -0.39 is 30.5 Å². The van der Waals surface area contributed by atoms with Gasteiger partial charge in [-0.3, -0.25) is 19.4 Å². The maximum absolute atomic E-state index is 13.8. The first-order valence-electron chi connectivity index (χ1n) is 39.3. The molecule has 0 radical (unpaired) electrons. The molecular formula is C79H153N5O6S2. The quantitative estimate of drug-likeness (QED) is 0.0196. The van der Waals surface area contributed by atoms with Crippen LogP contribution in [0.3, 0.4) is 0 Å². The van der Waals surface area contributed by atoms with Crippen LogP contribution in [0.4, 0.5) is 0 Å². The lowest BCUT2D eigenvalue weighted by Gasteiger charge is -2.27. The van der Waals surface area contributed by atoms with Gasteiger partial charge in [-0.2, -0.15) is 0 Å². The van der Waals surface area contributed by atoms with Gasteiger partial charge in [0.2, 0.25) is 11.8 Å². The van der Waals surface area contributed by atoms with E-state index in [0.717, 1.165) is 160 Å². The Labute approximate surface area is 578 Å². The van der Waals surface area contributed by atoms with E-state index in [1.54, 1.807) is 10.8 Å². The molecule has 0 fully saturated rings. The second kappa shape index (κ2) is 72.1. The summed E-state index contributed by atoms with van der Waals surface area (Å²) < 4.78 is 0. The third-order valence-corrected chi connectivity index (χ3v) is 20.6. The maximum Gasteiger partial charge on any atom is 0.242 e. The van der Waals surface area contributed by atoms with Gasteiger partial charge < -0.3 is 36.0 Å². The Balaban J connectivity index is 5.47. The van der Waals surface area contributed by atoms with Gasteiger partial charge >= 0.3 is 0 Å². The van der Waals surface area contributed by atoms with Crippen molar-refractivity contribution in [1.82, 2.24) is 25.3 Å². The zero-order valence-corrected chi connectivity index (χ0v) is 62.9. The van der Waals surface area contributed by atoms with E-state index in [2.05, 4.69) is 115 Å². The number of aliphatic hydroxyl groups excluding tert-OH is 4. The van der Waals surface area contributed by atoms with E-state index in [0.29, 0.717) is 52.1 Å². The minimum atomic E-state index is -0.618. The van der Waals surface area contributed by atoms with E-state index in [1.165, 1.54) is 154 Å². The van der Waals surface area contributed by atoms with E-state index in [9.17, 15) is 30.0 Å². The zero-order valence-electron chi connectivity index (χ0n) is 61.3. The van der Waals surface area contributed by atoms with Crippen LogP contribution in [-0.2, 0) is 9.59 Å². The highest BCUT2D eigenvalue weighted by atomic mass is 33.1. The summed E-state index contributed by atoms with van der Waals surface area (Å²) in [6.45, 7) is 20.4. The molecule has 5 atom stereocenters. The van der Waals surface area contributed by atoms with Crippen LogP contribution in [0.15, 0.2) is 48.6 Å². The number of amides is 2. The van der Waals surface area contributed by atoms with E-state index in [1.807, 2.05) is 10.8 Å². The lowest BCUT2D eigenvalue weighted by atomic mass is 10.0. The number of aliphatic hydroxyl groups is 4. The fraction of sp³-hybridized carbons (Fsp3) is 0.873. The zero-order chi connectivity index (χ0) is 67.3. The molecule has 11 nitrogen and oxygen atoms in total. The van der Waals surface area contributed by atoms with Crippen LogP contribution in [0, 0.1) is 0 Å². The summed E-state index contributed by atoms with van der Waals surface area (Å²) in [6.07, 6.45) is 67.3. The van der Waals surface area contributed by atoms with Crippen LogP contribution < -0.4 is 10.6 Å². The van der Waals surface area contributed by atoms with Crippen LogP contribution in [0.5, 0.6) is 0 Å². The molecule has 0 aliphatic heterocycles. The molecule has 5 unspecified atom stereocenters. The minimum Gasteiger partial charge on any atom is -0.392 e. The average Bonchev–Trinajstić information content (AvgIpc) is 3.74. The molecule has 6 N–H and O–H groups in total. The van der Waals surface area contributed by atoms with Crippen LogP contribution in [0.2, 0.25) is 0 Å². The Kier molecular flexibility index (Phi) is 70.8. The monoisotopic (exact) mass is 1330 g/mol. The minimum absolute atomic E-state index is 0.123. The molecule has 0 saturated heterocycles. The van der Waals surface area contributed by atoms with E-state index in [4.69, 9.17) is 0 Å². The third kappa shape index (κ3) is 64.3. The van der Waals surface area contributed by atoms with Gasteiger partial charge in [-0.1, -0.05) is 279 Å². The Bertz CT molecular complexity index is 1590. The van der Waals surface area contributed by atoms with Crippen molar-refractivity contribution in [1.29, 1.82) is 0 Å². The molecule has 0 aliphatic carbocycles. The number of allylic oxidation sites excluding steroid dienone is 8. The normalized spacial score (nSPS) is 14.0. The number of nitrogens with zero attached hydrogens (tertiary/aromatic N) is 3. The highest BCUT2D eigenvalue weighted by Crippen LogP contribution is 2.25. The standard InChI is InChI=1S/C79H153N5O6S2/c1-7-13-17-21-25-29-31-33-35-37-39-43-47-51-57-73(85)69-83(70-74(86)58-52-48-44-40-38-36-34-32-30-26-22-18-14-8-2)64-53-54-67-91-92-68-62-77(79(90)80-63-56-66-82(11-5)12-6)81-78(89)61-55-65-84(71-75(87)59-49-45-41-27-23-19-15-9-3)72-76(88)60-50-46-42-28-24-20-16-10-4/h25-26,29-30,33-36,73-77,85-88H,7-24,27-28,31-32,37-72H2,1-6H3,(H,80,90)(H,81,89)/b29-25-,30-26-,35-33-,36-34-. The lowest BCUT2D eigenvalue weighted by Crippen LogP contribution is -2.47. The summed E-state index contributed by atoms with van der Waals surface area (Å²) >= 11 is 0. The van der Waals surface area contributed by atoms with Gasteiger partial charge in [-0.15, -0.1) is 0 Å². The van der Waals surface area contributed by atoms with Gasteiger partial charge in [0, 0.05) is 50.7 Å². The Morgan fingerprint density at radius 3 is 1.10 bits per heavy atom. The summed E-state index contributed by atoms with van der Waals surface area (Å²) in [4.78, 5) is 34.3. The van der Waals surface area contributed by atoms with Crippen LogP contribution in [0.25, 0.3) is 0 Å². The second-order valence-electron chi connectivity index (χ2n) is 27.0. The van der Waals surface area contributed by atoms with Crippen molar-refractivity contribution < 1.29 is 30.0 Å². The van der Waals surface area contributed by atoms with Crippen LogP contribution in [0.1, 0.15) is 337 Å². The molecule has 0 aliphatic rings. The van der Waals surface area contributed by atoms with Crippen LogP contribution >= 0.6 is 21.6 Å². The molecule has 0 spiro atoms. The molecule has 92 heavy (non-hydrogen) atoms. The first-order valence-corrected chi connectivity index (χ1v) is 41.8. The molecule has 0 saturated carbocycles. The van der Waals surface area contributed by atoms with Crippen LogP contribution in [-0.4, -0.2) is 154 Å². The molecule has 542 valence electrons. The highest BCUT2D eigenvalue weighted by molar-refractivity contribution is 8.76. The summed E-state index contributed by atoms with van der Waals surface area (Å²) in [5.74, 6) is 1.44. The van der Waals surface area contributed by atoms with Crippen molar-refractivity contribution in [2.45, 2.75) is 367 Å². The molecular weight excluding hydrogens is 1180 g/mol. The fourth-order valence-electron chi connectivity index (χ4n) is 12.1. The number of carbonyl (C=O) groups excluding carboxylic acids is 2. The van der Waals surface area contributed by atoms with Crippen molar-refractivity contribution >= 4 is 33.4 Å². The molecule has 0 aromatic carbocycles. The topological polar surface area (TPSA) is 149 Å². The van der Waals surface area contributed by atoms with Gasteiger partial charge in [-0.05, 0) is 155 Å². The molecule has 2 amide bonds. The van der Waals surface area contributed by atoms with Gasteiger partial charge in [-0.25, -0.2) is 0 Å². The lowest BCUT2D eigenvalue weighted by molar-refractivity contribution is -0.129. The number of unbranched alkanes of at least 4 members (excludes halogenated alkanes) is 29. The summed E-state index contributed by atoms with van der Waals surface area (Å²) in [6, 6.07) is -0.618. The number of nitrogens with one attached hydrogen (secondary N) is 2. The van der Waals surface area contributed by atoms with Gasteiger partial charge in [0.05, 0.1) is 24.4 Å². The summed E-state index contributed by atoms with van der Waals surface area (Å²) in [5, 5.41) is 51.2. The first kappa shape index (κ1) is 90.3. The Morgan fingerprint density at radius 2 is 0.696 bits per heavy atom. The number of rotatable bonds is 73. The molecule has 13 heteroatoms. The molecule has 0 heterocycles.